The summed E-state index contributed by atoms with van der Waals surface area (Å²) in [4.78, 5) is 23.6. The summed E-state index contributed by atoms with van der Waals surface area (Å²) in [5.41, 5.74) is -0.587. The fourth-order valence-electron chi connectivity index (χ4n) is 1.39. The lowest BCUT2D eigenvalue weighted by Gasteiger charge is -2.22. The zero-order chi connectivity index (χ0) is 13.8. The van der Waals surface area contributed by atoms with Gasteiger partial charge in [0.2, 0.25) is 5.78 Å². The maximum absolute atomic E-state index is 12.0. The molecule has 0 spiro atoms. The molecule has 0 unspecified atom stereocenters. The third-order valence-electron chi connectivity index (χ3n) is 2.18. The van der Waals surface area contributed by atoms with Gasteiger partial charge in [-0.3, -0.25) is 4.79 Å². The minimum absolute atomic E-state index is 0.234. The molecule has 1 amide bonds. The maximum atomic E-state index is 12.0. The number of rotatable bonds is 4. The van der Waals surface area contributed by atoms with Crippen molar-refractivity contribution in [1.29, 1.82) is 0 Å². The Balaban J connectivity index is 2.63. The number of ketones is 1. The van der Waals surface area contributed by atoms with Gasteiger partial charge in [-0.25, -0.2) is 4.79 Å². The molecule has 0 radical (unpaired) electrons. The second-order valence-electron chi connectivity index (χ2n) is 4.95. The highest BCUT2D eigenvalue weighted by atomic mass is 16.6. The molecule has 0 aliphatic heterocycles. The summed E-state index contributed by atoms with van der Waals surface area (Å²) in [6.45, 7) is 7.11. The molecule has 0 fully saturated rings. The van der Waals surface area contributed by atoms with Gasteiger partial charge in [0.1, 0.15) is 5.60 Å². The molecule has 0 saturated heterocycles. The van der Waals surface area contributed by atoms with Gasteiger partial charge >= 0.3 is 6.09 Å². The Morgan fingerprint density at radius 3 is 2.56 bits per heavy atom. The molecule has 0 saturated carbocycles. The standard InChI is InChI=1S/C13H19NO4/c1-5-9(11(15)10-7-6-8-17-10)14-12(16)18-13(2,3)4/h6-9H,5H2,1-4H3,(H,14,16)/t9-/m1/s1. The van der Waals surface area contributed by atoms with Crippen molar-refractivity contribution in [1.82, 2.24) is 5.32 Å². The highest BCUT2D eigenvalue weighted by Crippen LogP contribution is 2.10. The van der Waals surface area contributed by atoms with Crippen LogP contribution in [0.3, 0.4) is 0 Å². The highest BCUT2D eigenvalue weighted by molar-refractivity contribution is 5.99. The van der Waals surface area contributed by atoms with E-state index in [9.17, 15) is 9.59 Å². The molecule has 18 heavy (non-hydrogen) atoms. The van der Waals surface area contributed by atoms with Gasteiger partial charge in [0.15, 0.2) is 5.76 Å². The number of alkyl carbamates (subject to hydrolysis) is 1. The van der Waals surface area contributed by atoms with E-state index in [1.54, 1.807) is 32.9 Å². The van der Waals surface area contributed by atoms with Gasteiger partial charge in [-0.15, -0.1) is 0 Å². The van der Waals surface area contributed by atoms with Crippen molar-refractivity contribution in [2.45, 2.75) is 45.8 Å². The van der Waals surface area contributed by atoms with Crippen LogP contribution in [0.2, 0.25) is 0 Å². The molecule has 1 aromatic rings. The Kier molecular flexibility index (Phi) is 4.53. The predicted molar refractivity (Wildman–Crippen MR) is 66.5 cm³/mol. The number of furan rings is 1. The van der Waals surface area contributed by atoms with Crippen molar-refractivity contribution in [3.8, 4) is 0 Å². The number of carbonyl (C=O) groups excluding carboxylic acids is 2. The molecule has 0 bridgehead atoms. The lowest BCUT2D eigenvalue weighted by atomic mass is 10.1. The molecular weight excluding hydrogens is 234 g/mol. The van der Waals surface area contributed by atoms with Crippen LogP contribution in [-0.4, -0.2) is 23.5 Å². The molecule has 1 N–H and O–H groups in total. The van der Waals surface area contributed by atoms with E-state index < -0.39 is 17.7 Å². The molecule has 5 heteroatoms. The summed E-state index contributed by atoms with van der Waals surface area (Å²) in [5.74, 6) is -0.0220. The number of Topliss-reactive ketones (excluding diaryl/α,β-unsaturated/α-hetero) is 1. The number of hydrogen-bond donors (Lipinski definition) is 1. The Labute approximate surface area is 106 Å². The van der Waals surface area contributed by atoms with Gasteiger partial charge in [0.05, 0.1) is 12.3 Å². The molecule has 0 aliphatic rings. The van der Waals surface area contributed by atoms with Crippen LogP contribution in [0, 0.1) is 0 Å². The smallest absolute Gasteiger partial charge is 0.408 e. The Morgan fingerprint density at radius 1 is 1.44 bits per heavy atom. The fourth-order valence-corrected chi connectivity index (χ4v) is 1.39. The van der Waals surface area contributed by atoms with Crippen molar-refractivity contribution in [2.75, 3.05) is 0 Å². The van der Waals surface area contributed by atoms with Gasteiger partial charge < -0.3 is 14.5 Å². The lowest BCUT2D eigenvalue weighted by molar-refractivity contribution is 0.0488. The molecule has 1 aromatic heterocycles. The molecule has 0 aromatic carbocycles. The van der Waals surface area contributed by atoms with Crippen molar-refractivity contribution in [2.24, 2.45) is 0 Å². The SMILES string of the molecule is CC[C@@H](NC(=O)OC(C)(C)C)C(=O)c1ccco1. The van der Waals surface area contributed by atoms with E-state index in [0.29, 0.717) is 6.42 Å². The summed E-state index contributed by atoms with van der Waals surface area (Å²) in [6.07, 6.45) is 1.29. The van der Waals surface area contributed by atoms with Gasteiger partial charge in [0.25, 0.3) is 0 Å². The van der Waals surface area contributed by atoms with Gasteiger partial charge in [-0.05, 0) is 39.3 Å². The third-order valence-corrected chi connectivity index (χ3v) is 2.18. The van der Waals surface area contributed by atoms with E-state index in [-0.39, 0.29) is 11.5 Å². The number of amides is 1. The molecule has 100 valence electrons. The molecule has 1 rings (SSSR count). The van der Waals surface area contributed by atoms with Crippen LogP contribution in [0.15, 0.2) is 22.8 Å². The van der Waals surface area contributed by atoms with Crippen molar-refractivity contribution in [3.63, 3.8) is 0 Å². The predicted octanol–water partition coefficient (Wildman–Crippen LogP) is 2.77. The average molecular weight is 253 g/mol. The first-order valence-corrected chi connectivity index (χ1v) is 5.90. The second-order valence-corrected chi connectivity index (χ2v) is 4.95. The monoisotopic (exact) mass is 253 g/mol. The highest BCUT2D eigenvalue weighted by Gasteiger charge is 2.25. The summed E-state index contributed by atoms with van der Waals surface area (Å²) in [6, 6.07) is 2.57. The summed E-state index contributed by atoms with van der Waals surface area (Å²) < 4.78 is 10.1. The summed E-state index contributed by atoms with van der Waals surface area (Å²) in [5, 5.41) is 2.54. The summed E-state index contributed by atoms with van der Waals surface area (Å²) >= 11 is 0. The normalized spacial score (nSPS) is 12.9. The minimum Gasteiger partial charge on any atom is -0.461 e. The van der Waals surface area contributed by atoms with Crippen LogP contribution in [0.4, 0.5) is 4.79 Å². The van der Waals surface area contributed by atoms with Gasteiger partial charge in [-0.2, -0.15) is 0 Å². The van der Waals surface area contributed by atoms with Crippen molar-refractivity contribution in [3.05, 3.63) is 24.2 Å². The van der Waals surface area contributed by atoms with Crippen LogP contribution in [-0.2, 0) is 4.74 Å². The van der Waals surface area contributed by atoms with Crippen molar-refractivity contribution < 1.29 is 18.7 Å². The van der Waals surface area contributed by atoms with Gasteiger partial charge in [0, 0.05) is 0 Å². The summed E-state index contributed by atoms with van der Waals surface area (Å²) in [7, 11) is 0. The number of ether oxygens (including phenoxy) is 1. The molecule has 1 heterocycles. The van der Waals surface area contributed by atoms with Crippen LogP contribution in [0.5, 0.6) is 0 Å². The molecule has 1 atom stereocenters. The number of carbonyl (C=O) groups is 2. The van der Waals surface area contributed by atoms with Crippen molar-refractivity contribution >= 4 is 11.9 Å². The van der Waals surface area contributed by atoms with E-state index in [0.717, 1.165) is 0 Å². The molecular formula is C13H19NO4. The zero-order valence-corrected chi connectivity index (χ0v) is 11.1. The average Bonchev–Trinajstić information content (AvgIpc) is 2.75. The maximum Gasteiger partial charge on any atom is 0.408 e. The van der Waals surface area contributed by atoms with E-state index in [1.807, 2.05) is 6.92 Å². The topological polar surface area (TPSA) is 68.5 Å². The van der Waals surface area contributed by atoms with Crippen LogP contribution in [0.25, 0.3) is 0 Å². The minimum atomic E-state index is -0.633. The van der Waals surface area contributed by atoms with Crippen LogP contribution < -0.4 is 5.32 Å². The van der Waals surface area contributed by atoms with E-state index >= 15 is 0 Å². The first kappa shape index (κ1) is 14.3. The van der Waals surface area contributed by atoms with E-state index in [1.165, 1.54) is 6.26 Å². The quantitative estimate of drug-likeness (QED) is 0.838. The van der Waals surface area contributed by atoms with E-state index in [2.05, 4.69) is 5.32 Å². The molecule has 0 aliphatic carbocycles. The third kappa shape index (κ3) is 4.24. The Bertz CT molecular complexity index is 403. The largest absolute Gasteiger partial charge is 0.461 e. The Hall–Kier alpha value is -1.78. The second kappa shape index (κ2) is 5.71. The van der Waals surface area contributed by atoms with Crippen LogP contribution >= 0.6 is 0 Å². The van der Waals surface area contributed by atoms with E-state index in [4.69, 9.17) is 9.15 Å². The molecule has 5 nitrogen and oxygen atoms in total. The first-order chi connectivity index (χ1) is 8.33. The number of nitrogens with one attached hydrogen (secondary N) is 1. The van der Waals surface area contributed by atoms with Gasteiger partial charge in [-0.1, -0.05) is 6.92 Å². The lowest BCUT2D eigenvalue weighted by Crippen LogP contribution is -2.43. The fraction of sp³-hybridized carbons (Fsp3) is 0.538. The Morgan fingerprint density at radius 2 is 2.11 bits per heavy atom. The first-order valence-electron chi connectivity index (χ1n) is 5.90. The van der Waals surface area contributed by atoms with Crippen LogP contribution in [0.1, 0.15) is 44.7 Å². The number of hydrogen-bond acceptors (Lipinski definition) is 4. The zero-order valence-electron chi connectivity index (χ0n) is 11.1.